The van der Waals surface area contributed by atoms with Crippen LogP contribution >= 0.6 is 0 Å². The molecule has 2 amide bonds. The largest absolute Gasteiger partial charge is 0.480 e. The molecule has 0 aliphatic carbocycles. The van der Waals surface area contributed by atoms with Crippen LogP contribution < -0.4 is 5.32 Å². The number of hydrogen-bond acceptors (Lipinski definition) is 2. The zero-order chi connectivity index (χ0) is 12.8. The van der Waals surface area contributed by atoms with E-state index in [0.717, 1.165) is 38.8 Å². The molecule has 98 valence electrons. The molecular weight excluding hydrogens is 220 g/mol. The van der Waals surface area contributed by atoms with Gasteiger partial charge in [-0.3, -0.25) is 0 Å². The Labute approximate surface area is 102 Å². The summed E-state index contributed by atoms with van der Waals surface area (Å²) in [6.45, 7) is 5.24. The zero-order valence-corrected chi connectivity index (χ0v) is 10.6. The summed E-state index contributed by atoms with van der Waals surface area (Å²) in [5, 5.41) is 11.7. The third-order valence-electron chi connectivity index (χ3n) is 3.40. The maximum Gasteiger partial charge on any atom is 0.326 e. The van der Waals surface area contributed by atoms with E-state index in [1.165, 1.54) is 0 Å². The second-order valence-electron chi connectivity index (χ2n) is 4.70. The van der Waals surface area contributed by atoms with Crippen molar-refractivity contribution in [3.63, 3.8) is 0 Å². The quantitative estimate of drug-likeness (QED) is 0.788. The van der Waals surface area contributed by atoms with Crippen LogP contribution in [0.25, 0.3) is 0 Å². The average molecular weight is 242 g/mol. The minimum absolute atomic E-state index is 0.0544. The average Bonchev–Trinajstić information content (AvgIpc) is 2.35. The van der Waals surface area contributed by atoms with Gasteiger partial charge in [-0.05, 0) is 25.2 Å². The van der Waals surface area contributed by atoms with Crippen LogP contribution in [-0.4, -0.2) is 41.1 Å². The molecule has 5 heteroatoms. The SMILES string of the molecule is CC[C@H](C)[C@H](NC(=O)N1CCCCC1)C(=O)O. The summed E-state index contributed by atoms with van der Waals surface area (Å²) >= 11 is 0. The van der Waals surface area contributed by atoms with Gasteiger partial charge in [-0.25, -0.2) is 9.59 Å². The highest BCUT2D eigenvalue weighted by Gasteiger charge is 2.27. The fourth-order valence-corrected chi connectivity index (χ4v) is 2.00. The van der Waals surface area contributed by atoms with Crippen molar-refractivity contribution in [2.45, 2.75) is 45.6 Å². The second kappa shape index (κ2) is 6.47. The normalized spacial score (nSPS) is 19.5. The van der Waals surface area contributed by atoms with Crippen molar-refractivity contribution >= 4 is 12.0 Å². The van der Waals surface area contributed by atoms with Crippen LogP contribution in [0, 0.1) is 5.92 Å². The summed E-state index contributed by atoms with van der Waals surface area (Å²) in [5.74, 6) is -1.01. The van der Waals surface area contributed by atoms with Crippen molar-refractivity contribution in [3.05, 3.63) is 0 Å². The minimum Gasteiger partial charge on any atom is -0.480 e. The molecule has 1 fully saturated rings. The molecule has 2 atom stereocenters. The molecule has 0 unspecified atom stereocenters. The first-order chi connectivity index (χ1) is 8.06. The Balaban J connectivity index is 2.53. The standard InChI is InChI=1S/C12H22N2O3/c1-3-9(2)10(11(15)16)13-12(17)14-7-5-4-6-8-14/h9-10H,3-8H2,1-2H3,(H,13,17)(H,15,16)/t9-,10-/m0/s1. The van der Waals surface area contributed by atoms with Crippen molar-refractivity contribution in [2.24, 2.45) is 5.92 Å². The van der Waals surface area contributed by atoms with Gasteiger partial charge < -0.3 is 15.3 Å². The fraction of sp³-hybridized carbons (Fsp3) is 0.833. The van der Waals surface area contributed by atoms with Gasteiger partial charge in [0.15, 0.2) is 0 Å². The molecule has 0 aromatic rings. The molecule has 0 aromatic heterocycles. The van der Waals surface area contributed by atoms with Gasteiger partial charge in [0.2, 0.25) is 0 Å². The highest BCUT2D eigenvalue weighted by molar-refractivity contribution is 5.82. The lowest BCUT2D eigenvalue weighted by molar-refractivity contribution is -0.140. The van der Waals surface area contributed by atoms with E-state index in [0.29, 0.717) is 0 Å². The van der Waals surface area contributed by atoms with Crippen LogP contribution in [0.2, 0.25) is 0 Å². The van der Waals surface area contributed by atoms with Gasteiger partial charge in [0.1, 0.15) is 6.04 Å². The van der Waals surface area contributed by atoms with E-state index in [1.807, 2.05) is 13.8 Å². The van der Waals surface area contributed by atoms with E-state index < -0.39 is 12.0 Å². The third-order valence-corrected chi connectivity index (χ3v) is 3.40. The molecule has 2 N–H and O–H groups in total. The van der Waals surface area contributed by atoms with E-state index >= 15 is 0 Å². The molecular formula is C12H22N2O3. The summed E-state index contributed by atoms with van der Waals surface area (Å²) in [5.41, 5.74) is 0. The van der Waals surface area contributed by atoms with Gasteiger partial charge in [0, 0.05) is 13.1 Å². The van der Waals surface area contributed by atoms with Crippen LogP contribution in [0.5, 0.6) is 0 Å². The smallest absolute Gasteiger partial charge is 0.326 e. The maximum atomic E-state index is 11.9. The Morgan fingerprint density at radius 2 is 1.88 bits per heavy atom. The molecule has 5 nitrogen and oxygen atoms in total. The van der Waals surface area contributed by atoms with Gasteiger partial charge in [0.05, 0.1) is 0 Å². The van der Waals surface area contributed by atoms with Gasteiger partial charge >= 0.3 is 12.0 Å². The Bertz CT molecular complexity index is 275. The number of carbonyl (C=O) groups excluding carboxylic acids is 1. The lowest BCUT2D eigenvalue weighted by Crippen LogP contribution is -2.51. The maximum absolute atomic E-state index is 11.9. The van der Waals surface area contributed by atoms with Crippen LogP contribution in [0.4, 0.5) is 4.79 Å². The molecule has 0 bridgehead atoms. The first kappa shape index (κ1) is 13.8. The Kier molecular flexibility index (Phi) is 5.25. The zero-order valence-electron chi connectivity index (χ0n) is 10.6. The van der Waals surface area contributed by atoms with E-state index in [4.69, 9.17) is 5.11 Å². The number of carboxylic acid groups (broad SMARTS) is 1. The number of likely N-dealkylation sites (tertiary alicyclic amines) is 1. The van der Waals surface area contributed by atoms with Gasteiger partial charge in [0.25, 0.3) is 0 Å². The van der Waals surface area contributed by atoms with E-state index in [2.05, 4.69) is 5.32 Å². The fourth-order valence-electron chi connectivity index (χ4n) is 2.00. The predicted octanol–water partition coefficient (Wildman–Crippen LogP) is 1.68. The summed E-state index contributed by atoms with van der Waals surface area (Å²) in [4.78, 5) is 24.7. The number of carbonyl (C=O) groups is 2. The van der Waals surface area contributed by atoms with Crippen molar-refractivity contribution in [3.8, 4) is 0 Å². The summed E-state index contributed by atoms with van der Waals surface area (Å²) in [6.07, 6.45) is 3.90. The van der Waals surface area contributed by atoms with E-state index in [9.17, 15) is 9.59 Å². The predicted molar refractivity (Wildman–Crippen MR) is 64.8 cm³/mol. The second-order valence-corrected chi connectivity index (χ2v) is 4.70. The Morgan fingerprint density at radius 3 is 2.35 bits per heavy atom. The summed E-state index contributed by atoms with van der Waals surface area (Å²) in [6, 6.07) is -1.02. The highest BCUT2D eigenvalue weighted by atomic mass is 16.4. The number of hydrogen-bond donors (Lipinski definition) is 2. The molecule has 1 aliphatic rings. The Hall–Kier alpha value is -1.26. The first-order valence-corrected chi connectivity index (χ1v) is 6.34. The number of nitrogens with one attached hydrogen (secondary N) is 1. The topological polar surface area (TPSA) is 69.6 Å². The molecule has 1 heterocycles. The third kappa shape index (κ3) is 3.91. The number of aliphatic carboxylic acids is 1. The van der Waals surface area contributed by atoms with Crippen molar-refractivity contribution < 1.29 is 14.7 Å². The number of carboxylic acids is 1. The summed E-state index contributed by atoms with van der Waals surface area (Å²) in [7, 11) is 0. The van der Waals surface area contributed by atoms with Crippen molar-refractivity contribution in [2.75, 3.05) is 13.1 Å². The highest BCUT2D eigenvalue weighted by Crippen LogP contribution is 2.11. The number of piperidine rings is 1. The number of amides is 2. The van der Waals surface area contributed by atoms with Crippen LogP contribution in [0.15, 0.2) is 0 Å². The summed E-state index contributed by atoms with van der Waals surface area (Å²) < 4.78 is 0. The van der Waals surface area contributed by atoms with Crippen LogP contribution in [-0.2, 0) is 4.79 Å². The van der Waals surface area contributed by atoms with Crippen molar-refractivity contribution in [1.82, 2.24) is 10.2 Å². The van der Waals surface area contributed by atoms with Crippen LogP contribution in [0.1, 0.15) is 39.5 Å². The van der Waals surface area contributed by atoms with E-state index in [1.54, 1.807) is 4.90 Å². The van der Waals surface area contributed by atoms with Crippen LogP contribution in [0.3, 0.4) is 0 Å². The molecule has 0 spiro atoms. The van der Waals surface area contributed by atoms with Gasteiger partial charge in [-0.15, -0.1) is 0 Å². The number of nitrogens with zero attached hydrogens (tertiary/aromatic N) is 1. The monoisotopic (exact) mass is 242 g/mol. The number of rotatable bonds is 4. The lowest BCUT2D eigenvalue weighted by atomic mass is 9.99. The molecule has 1 aliphatic heterocycles. The molecule has 1 saturated heterocycles. The van der Waals surface area contributed by atoms with Gasteiger partial charge in [-0.1, -0.05) is 20.3 Å². The van der Waals surface area contributed by atoms with Gasteiger partial charge in [-0.2, -0.15) is 0 Å². The molecule has 1 rings (SSSR count). The minimum atomic E-state index is -0.954. The molecule has 17 heavy (non-hydrogen) atoms. The van der Waals surface area contributed by atoms with E-state index in [-0.39, 0.29) is 11.9 Å². The molecule has 0 saturated carbocycles. The first-order valence-electron chi connectivity index (χ1n) is 6.34. The Morgan fingerprint density at radius 1 is 1.29 bits per heavy atom. The molecule has 0 radical (unpaired) electrons. The number of urea groups is 1. The van der Waals surface area contributed by atoms with Crippen molar-refractivity contribution in [1.29, 1.82) is 0 Å². The molecule has 0 aromatic carbocycles. The lowest BCUT2D eigenvalue weighted by Gasteiger charge is -2.29.